The molecule has 2 aromatic heterocycles. The van der Waals surface area contributed by atoms with Crippen LogP contribution in [0.3, 0.4) is 0 Å². The van der Waals surface area contributed by atoms with E-state index < -0.39 is 0 Å². The summed E-state index contributed by atoms with van der Waals surface area (Å²) in [4.78, 5) is 41.9. The van der Waals surface area contributed by atoms with Gasteiger partial charge in [0.05, 0.1) is 16.6 Å². The zero-order valence-corrected chi connectivity index (χ0v) is 17.5. The van der Waals surface area contributed by atoms with E-state index in [4.69, 9.17) is 0 Å². The van der Waals surface area contributed by atoms with Crippen LogP contribution in [0.15, 0.2) is 35.4 Å². The first kappa shape index (κ1) is 20.5. The van der Waals surface area contributed by atoms with Gasteiger partial charge in [0.1, 0.15) is 4.83 Å². The summed E-state index contributed by atoms with van der Waals surface area (Å²) < 4.78 is 1.40. The number of rotatable bonds is 5. The summed E-state index contributed by atoms with van der Waals surface area (Å²) in [5, 5.41) is 8.86. The molecule has 0 bridgehead atoms. The van der Waals surface area contributed by atoms with Gasteiger partial charge in [0.15, 0.2) is 0 Å². The maximum absolute atomic E-state index is 12.6. The number of amides is 3. The van der Waals surface area contributed by atoms with Gasteiger partial charge in [0.2, 0.25) is 0 Å². The van der Waals surface area contributed by atoms with E-state index in [9.17, 15) is 14.4 Å². The summed E-state index contributed by atoms with van der Waals surface area (Å²) in [6.07, 6.45) is 1.46. The van der Waals surface area contributed by atoms with E-state index in [1.165, 1.54) is 22.2 Å². The average Bonchev–Trinajstić information content (AvgIpc) is 3.00. The molecule has 9 heteroatoms. The molecule has 0 unspecified atom stereocenters. The Hall–Kier alpha value is -3.20. The number of carbonyl (C=O) groups is 2. The number of anilines is 1. The molecule has 29 heavy (non-hydrogen) atoms. The molecule has 0 atom stereocenters. The van der Waals surface area contributed by atoms with Crippen LogP contribution in [-0.2, 0) is 13.6 Å². The molecule has 0 saturated carbocycles. The van der Waals surface area contributed by atoms with Crippen LogP contribution in [0.2, 0.25) is 0 Å². The van der Waals surface area contributed by atoms with Gasteiger partial charge in [-0.2, -0.15) is 0 Å². The van der Waals surface area contributed by atoms with Crippen LogP contribution in [0.5, 0.6) is 0 Å². The third-order valence-corrected chi connectivity index (χ3v) is 5.50. The largest absolute Gasteiger partial charge is 0.347 e. The van der Waals surface area contributed by atoms with Crippen LogP contribution in [0.4, 0.5) is 10.5 Å². The van der Waals surface area contributed by atoms with Crippen LogP contribution in [0.1, 0.15) is 34.6 Å². The predicted octanol–water partition coefficient (Wildman–Crippen LogP) is 2.76. The van der Waals surface area contributed by atoms with Crippen LogP contribution in [-0.4, -0.2) is 27.5 Å². The second-order valence-electron chi connectivity index (χ2n) is 7.03. The highest BCUT2D eigenvalue weighted by Crippen LogP contribution is 2.26. The van der Waals surface area contributed by atoms with Crippen molar-refractivity contribution in [3.63, 3.8) is 0 Å². The smallest absolute Gasteiger partial charge is 0.319 e. The molecule has 0 radical (unpaired) electrons. The van der Waals surface area contributed by atoms with Crippen LogP contribution < -0.4 is 21.5 Å². The lowest BCUT2D eigenvalue weighted by atomic mass is 10.2. The van der Waals surface area contributed by atoms with Crippen molar-refractivity contribution in [3.8, 4) is 0 Å². The Balaban J connectivity index is 1.66. The normalized spacial score (nSPS) is 10.9. The molecule has 3 rings (SSSR count). The SMILES string of the molecule is Cc1c(C(=O)NCc2ccc(NC(=O)NC(C)C)cc2)sc2ncn(C)c(=O)c12. The highest BCUT2D eigenvalue weighted by molar-refractivity contribution is 7.20. The zero-order valence-electron chi connectivity index (χ0n) is 16.7. The molecule has 0 aliphatic heterocycles. The summed E-state index contributed by atoms with van der Waals surface area (Å²) >= 11 is 1.21. The number of aromatic nitrogens is 2. The lowest BCUT2D eigenvalue weighted by Gasteiger charge is -2.10. The van der Waals surface area contributed by atoms with Crippen molar-refractivity contribution in [3.05, 3.63) is 57.0 Å². The van der Waals surface area contributed by atoms with Gasteiger partial charge in [0.25, 0.3) is 11.5 Å². The van der Waals surface area contributed by atoms with E-state index in [1.54, 1.807) is 26.1 Å². The minimum absolute atomic E-state index is 0.0530. The highest BCUT2D eigenvalue weighted by Gasteiger charge is 2.18. The monoisotopic (exact) mass is 413 g/mol. The molecule has 0 aliphatic rings. The van der Waals surface area contributed by atoms with Crippen LogP contribution >= 0.6 is 11.3 Å². The molecule has 0 fully saturated rings. The van der Waals surface area contributed by atoms with Gasteiger partial charge in [-0.3, -0.25) is 9.59 Å². The highest BCUT2D eigenvalue weighted by atomic mass is 32.1. The third kappa shape index (κ3) is 4.62. The van der Waals surface area contributed by atoms with E-state index in [1.807, 2.05) is 26.0 Å². The third-order valence-electron chi connectivity index (χ3n) is 4.30. The number of nitrogens with zero attached hydrogens (tertiary/aromatic N) is 2. The topological polar surface area (TPSA) is 105 Å². The van der Waals surface area contributed by atoms with Crippen LogP contribution in [0.25, 0.3) is 10.2 Å². The molecule has 0 aliphatic carbocycles. The Bertz CT molecular complexity index is 1120. The number of thiophene rings is 1. The van der Waals surface area contributed by atoms with Crippen LogP contribution in [0, 0.1) is 6.92 Å². The Morgan fingerprint density at radius 1 is 1.21 bits per heavy atom. The molecular weight excluding hydrogens is 390 g/mol. The maximum Gasteiger partial charge on any atom is 0.319 e. The summed E-state index contributed by atoms with van der Waals surface area (Å²) in [5.74, 6) is -0.244. The molecule has 8 nitrogen and oxygen atoms in total. The number of hydrogen-bond donors (Lipinski definition) is 3. The van der Waals surface area contributed by atoms with Gasteiger partial charge in [-0.1, -0.05) is 12.1 Å². The molecular formula is C20H23N5O3S. The second kappa shape index (κ2) is 8.44. The lowest BCUT2D eigenvalue weighted by Crippen LogP contribution is -2.34. The maximum atomic E-state index is 12.6. The van der Waals surface area contributed by atoms with E-state index in [2.05, 4.69) is 20.9 Å². The average molecular weight is 414 g/mol. The standard InChI is InChI=1S/C20H23N5O3S/c1-11(2)23-20(28)24-14-7-5-13(6-8-14)9-21-17(26)16-12(3)15-18(29-16)22-10-25(4)19(15)27/h5-8,10-11H,9H2,1-4H3,(H,21,26)(H2,23,24,28). The number of nitrogens with one attached hydrogen (secondary N) is 3. The molecule has 3 aromatic rings. The van der Waals surface area contributed by atoms with E-state index in [0.29, 0.717) is 32.9 Å². The van der Waals surface area contributed by atoms with E-state index >= 15 is 0 Å². The molecule has 152 valence electrons. The quantitative estimate of drug-likeness (QED) is 0.598. The summed E-state index contributed by atoms with van der Waals surface area (Å²) in [5.41, 5.74) is 2.04. The Kier molecular flexibility index (Phi) is 5.97. The van der Waals surface area contributed by atoms with Gasteiger partial charge in [-0.15, -0.1) is 11.3 Å². The fourth-order valence-electron chi connectivity index (χ4n) is 2.82. The minimum atomic E-state index is -0.263. The van der Waals surface area contributed by atoms with Gasteiger partial charge in [-0.25, -0.2) is 9.78 Å². The van der Waals surface area contributed by atoms with Crippen molar-refractivity contribution >= 4 is 39.2 Å². The van der Waals surface area contributed by atoms with Gasteiger partial charge < -0.3 is 20.5 Å². The van der Waals surface area contributed by atoms with Crippen molar-refractivity contribution in [2.24, 2.45) is 7.05 Å². The molecule has 2 heterocycles. The number of hydrogen-bond acceptors (Lipinski definition) is 5. The molecule has 3 N–H and O–H groups in total. The fraction of sp³-hybridized carbons (Fsp3) is 0.300. The summed E-state index contributed by atoms with van der Waals surface area (Å²) in [6, 6.07) is 7.01. The first-order valence-corrected chi connectivity index (χ1v) is 9.97. The van der Waals surface area contributed by atoms with Crippen molar-refractivity contribution in [1.29, 1.82) is 0 Å². The van der Waals surface area contributed by atoms with E-state index in [0.717, 1.165) is 5.56 Å². The first-order chi connectivity index (χ1) is 13.8. The van der Waals surface area contributed by atoms with Crippen molar-refractivity contribution in [1.82, 2.24) is 20.2 Å². The summed E-state index contributed by atoms with van der Waals surface area (Å²) in [7, 11) is 1.64. The van der Waals surface area contributed by atoms with Gasteiger partial charge in [-0.05, 0) is 44.0 Å². The molecule has 0 saturated heterocycles. The first-order valence-electron chi connectivity index (χ1n) is 9.15. The number of fused-ring (bicyclic) bond motifs is 1. The van der Waals surface area contributed by atoms with Gasteiger partial charge in [0, 0.05) is 25.3 Å². The Morgan fingerprint density at radius 2 is 1.90 bits per heavy atom. The fourth-order valence-corrected chi connectivity index (χ4v) is 3.88. The molecule has 0 spiro atoms. The summed E-state index contributed by atoms with van der Waals surface area (Å²) in [6.45, 7) is 5.87. The zero-order chi connectivity index (χ0) is 21.1. The predicted molar refractivity (Wildman–Crippen MR) is 115 cm³/mol. The van der Waals surface area contributed by atoms with E-state index in [-0.39, 0.29) is 23.5 Å². The van der Waals surface area contributed by atoms with Crippen molar-refractivity contribution in [2.75, 3.05) is 5.32 Å². The number of benzene rings is 1. The molecule has 3 amide bonds. The lowest BCUT2D eigenvalue weighted by molar-refractivity contribution is 0.0954. The number of aryl methyl sites for hydroxylation is 2. The second-order valence-corrected chi connectivity index (χ2v) is 8.03. The number of urea groups is 1. The van der Waals surface area contributed by atoms with Crippen molar-refractivity contribution in [2.45, 2.75) is 33.4 Å². The number of carbonyl (C=O) groups excluding carboxylic acids is 2. The molecule has 1 aromatic carbocycles. The Labute approximate surface area is 172 Å². The Morgan fingerprint density at radius 3 is 2.55 bits per heavy atom. The minimum Gasteiger partial charge on any atom is -0.347 e. The van der Waals surface area contributed by atoms with Gasteiger partial charge >= 0.3 is 6.03 Å². The van der Waals surface area contributed by atoms with Crippen molar-refractivity contribution < 1.29 is 9.59 Å².